The Kier molecular flexibility index (Phi) is 3.20. The summed E-state index contributed by atoms with van der Waals surface area (Å²) in [5.74, 6) is 1.19. The van der Waals surface area contributed by atoms with Crippen molar-refractivity contribution in [3.63, 3.8) is 0 Å². The summed E-state index contributed by atoms with van der Waals surface area (Å²) in [6.07, 6.45) is 6.72. The van der Waals surface area contributed by atoms with Gasteiger partial charge in [0.15, 0.2) is 0 Å². The second-order valence-electron chi connectivity index (χ2n) is 3.54. The van der Waals surface area contributed by atoms with E-state index in [0.29, 0.717) is 5.92 Å². The molecule has 1 unspecified atom stereocenters. The van der Waals surface area contributed by atoms with Crippen LogP contribution >= 0.6 is 0 Å². The Hall–Kier alpha value is -0.0400. The molecular formula is C9H17O. The molecule has 1 atom stereocenters. The Bertz CT molecular complexity index is 84.7. The highest BCUT2D eigenvalue weighted by Crippen LogP contribution is 2.29. The summed E-state index contributed by atoms with van der Waals surface area (Å²) in [5, 5.41) is 10.5. The van der Waals surface area contributed by atoms with Crippen LogP contribution in [0.1, 0.15) is 39.0 Å². The van der Waals surface area contributed by atoms with Crippen LogP contribution in [0.2, 0.25) is 0 Å². The zero-order chi connectivity index (χ0) is 7.40. The highest BCUT2D eigenvalue weighted by Gasteiger charge is 2.19. The van der Waals surface area contributed by atoms with Crippen LogP contribution in [-0.2, 0) is 5.11 Å². The summed E-state index contributed by atoms with van der Waals surface area (Å²) >= 11 is 0. The number of hydrogen-bond donors (Lipinski definition) is 0. The van der Waals surface area contributed by atoms with E-state index in [9.17, 15) is 5.11 Å². The first-order valence-corrected chi connectivity index (χ1v) is 4.42. The van der Waals surface area contributed by atoms with E-state index in [-0.39, 0.29) is 6.61 Å². The average molecular weight is 141 g/mol. The van der Waals surface area contributed by atoms with Gasteiger partial charge in [-0.3, -0.25) is 0 Å². The van der Waals surface area contributed by atoms with Crippen LogP contribution in [0.25, 0.3) is 0 Å². The van der Waals surface area contributed by atoms with Gasteiger partial charge in [0, 0.05) is 0 Å². The van der Waals surface area contributed by atoms with Crippen molar-refractivity contribution in [2.45, 2.75) is 39.0 Å². The Balaban J connectivity index is 2.24. The smallest absolute Gasteiger partial charge is 0.0850 e. The fourth-order valence-corrected chi connectivity index (χ4v) is 1.84. The quantitative estimate of drug-likeness (QED) is 0.563. The summed E-state index contributed by atoms with van der Waals surface area (Å²) in [5.41, 5.74) is 0. The molecule has 0 N–H and O–H groups in total. The van der Waals surface area contributed by atoms with E-state index >= 15 is 0 Å². The third-order valence-electron chi connectivity index (χ3n) is 2.72. The van der Waals surface area contributed by atoms with Gasteiger partial charge in [0.2, 0.25) is 0 Å². The van der Waals surface area contributed by atoms with Gasteiger partial charge >= 0.3 is 0 Å². The molecule has 0 aliphatic heterocycles. The van der Waals surface area contributed by atoms with Crippen molar-refractivity contribution in [2.24, 2.45) is 11.8 Å². The molecule has 0 aromatic rings. The van der Waals surface area contributed by atoms with E-state index in [1.165, 1.54) is 32.1 Å². The third-order valence-corrected chi connectivity index (χ3v) is 2.72. The predicted octanol–water partition coefficient (Wildman–Crippen LogP) is 2.63. The molecule has 0 heterocycles. The second kappa shape index (κ2) is 3.97. The van der Waals surface area contributed by atoms with E-state index in [1.807, 2.05) is 0 Å². The topological polar surface area (TPSA) is 19.9 Å². The lowest BCUT2D eigenvalue weighted by Gasteiger charge is -2.25. The predicted molar refractivity (Wildman–Crippen MR) is 41.3 cm³/mol. The van der Waals surface area contributed by atoms with Gasteiger partial charge in [-0.15, -0.1) is 0 Å². The van der Waals surface area contributed by atoms with Crippen LogP contribution in [0, 0.1) is 11.8 Å². The van der Waals surface area contributed by atoms with Crippen LogP contribution in [-0.4, -0.2) is 6.61 Å². The maximum absolute atomic E-state index is 10.5. The number of hydrogen-bond acceptors (Lipinski definition) is 0. The largest absolute Gasteiger partial charge is 0.236 e. The molecule has 0 bridgehead atoms. The molecule has 1 radical (unpaired) electrons. The zero-order valence-electron chi connectivity index (χ0n) is 6.81. The first-order valence-electron chi connectivity index (χ1n) is 4.42. The SMILES string of the molecule is CC(C[O])C1CCCCC1. The molecule has 1 aliphatic carbocycles. The Labute approximate surface area is 63.4 Å². The molecule has 0 saturated heterocycles. The van der Waals surface area contributed by atoms with Crippen LogP contribution in [0.5, 0.6) is 0 Å². The van der Waals surface area contributed by atoms with Gasteiger partial charge in [-0.2, -0.15) is 0 Å². The van der Waals surface area contributed by atoms with Crippen LogP contribution in [0.15, 0.2) is 0 Å². The van der Waals surface area contributed by atoms with Gasteiger partial charge in [-0.25, -0.2) is 5.11 Å². The van der Waals surface area contributed by atoms with Crippen molar-refractivity contribution in [2.75, 3.05) is 6.61 Å². The molecule has 10 heavy (non-hydrogen) atoms. The monoisotopic (exact) mass is 141 g/mol. The normalized spacial score (nSPS) is 24.6. The lowest BCUT2D eigenvalue weighted by molar-refractivity contribution is 0.105. The molecular weight excluding hydrogens is 124 g/mol. The summed E-state index contributed by atoms with van der Waals surface area (Å²) in [6.45, 7) is 2.23. The molecule has 1 nitrogen and oxygen atoms in total. The molecule has 0 aromatic carbocycles. The van der Waals surface area contributed by atoms with E-state index < -0.39 is 0 Å². The van der Waals surface area contributed by atoms with Gasteiger partial charge in [0.25, 0.3) is 0 Å². The highest BCUT2D eigenvalue weighted by molar-refractivity contribution is 4.70. The van der Waals surface area contributed by atoms with Gasteiger partial charge in [0.1, 0.15) is 0 Å². The molecule has 1 aliphatic rings. The van der Waals surface area contributed by atoms with E-state index in [2.05, 4.69) is 6.92 Å². The van der Waals surface area contributed by atoms with Crippen LogP contribution in [0.3, 0.4) is 0 Å². The van der Waals surface area contributed by atoms with E-state index in [1.54, 1.807) is 0 Å². The van der Waals surface area contributed by atoms with Crippen molar-refractivity contribution in [3.05, 3.63) is 0 Å². The maximum Gasteiger partial charge on any atom is 0.0850 e. The van der Waals surface area contributed by atoms with Gasteiger partial charge in [-0.05, 0) is 11.8 Å². The Morgan fingerprint density at radius 3 is 2.40 bits per heavy atom. The molecule has 1 rings (SSSR count). The summed E-state index contributed by atoms with van der Waals surface area (Å²) in [7, 11) is 0. The molecule has 1 saturated carbocycles. The third kappa shape index (κ3) is 1.98. The van der Waals surface area contributed by atoms with E-state index in [4.69, 9.17) is 0 Å². The minimum absolute atomic E-state index is 0.130. The first-order chi connectivity index (χ1) is 4.84. The fourth-order valence-electron chi connectivity index (χ4n) is 1.84. The minimum atomic E-state index is 0.130. The summed E-state index contributed by atoms with van der Waals surface area (Å²) in [6, 6.07) is 0. The lowest BCUT2D eigenvalue weighted by atomic mass is 9.81. The molecule has 0 spiro atoms. The molecule has 0 amide bonds. The fraction of sp³-hybridized carbons (Fsp3) is 1.00. The first kappa shape index (κ1) is 8.06. The second-order valence-corrected chi connectivity index (χ2v) is 3.54. The Morgan fingerprint density at radius 2 is 1.90 bits per heavy atom. The standard InChI is InChI=1S/C9H17O/c1-8(7-10)9-5-3-2-4-6-9/h8-9H,2-7H2,1H3. The number of rotatable bonds is 2. The van der Waals surface area contributed by atoms with Gasteiger partial charge < -0.3 is 0 Å². The van der Waals surface area contributed by atoms with Crippen molar-refractivity contribution >= 4 is 0 Å². The van der Waals surface area contributed by atoms with Crippen molar-refractivity contribution in [1.82, 2.24) is 0 Å². The average Bonchev–Trinajstić information content (AvgIpc) is 2.05. The van der Waals surface area contributed by atoms with Crippen molar-refractivity contribution in [1.29, 1.82) is 0 Å². The molecule has 59 valence electrons. The van der Waals surface area contributed by atoms with Crippen LogP contribution < -0.4 is 0 Å². The van der Waals surface area contributed by atoms with Crippen LogP contribution in [0.4, 0.5) is 0 Å². The summed E-state index contributed by atoms with van der Waals surface area (Å²) in [4.78, 5) is 0. The molecule has 1 fully saturated rings. The lowest BCUT2D eigenvalue weighted by Crippen LogP contribution is -2.17. The molecule has 1 heteroatoms. The maximum atomic E-state index is 10.5. The van der Waals surface area contributed by atoms with Gasteiger partial charge in [-0.1, -0.05) is 39.0 Å². The Morgan fingerprint density at radius 1 is 1.30 bits per heavy atom. The zero-order valence-corrected chi connectivity index (χ0v) is 6.81. The van der Waals surface area contributed by atoms with E-state index in [0.717, 1.165) is 5.92 Å². The van der Waals surface area contributed by atoms with Crippen molar-refractivity contribution < 1.29 is 5.11 Å². The molecule has 0 aromatic heterocycles. The highest BCUT2D eigenvalue weighted by atomic mass is 16.3. The van der Waals surface area contributed by atoms with Gasteiger partial charge in [0.05, 0.1) is 6.61 Å². The van der Waals surface area contributed by atoms with Crippen molar-refractivity contribution in [3.8, 4) is 0 Å². The minimum Gasteiger partial charge on any atom is -0.236 e. The summed E-state index contributed by atoms with van der Waals surface area (Å²) < 4.78 is 0.